The average Bonchev–Trinajstić information content (AvgIpc) is 3.23. The summed E-state index contributed by atoms with van der Waals surface area (Å²) in [5, 5.41) is 11.9. The molecule has 0 saturated carbocycles. The molecule has 0 aliphatic carbocycles. The number of para-hydroxylation sites is 1. The van der Waals surface area contributed by atoms with Crippen LogP contribution in [0.5, 0.6) is 0 Å². The molecule has 0 atom stereocenters. The molecule has 4 rings (SSSR count). The van der Waals surface area contributed by atoms with Crippen molar-refractivity contribution in [3.63, 3.8) is 0 Å². The second kappa shape index (κ2) is 7.52. The van der Waals surface area contributed by atoms with Crippen molar-refractivity contribution in [2.45, 2.75) is 38.6 Å². The first-order valence-electron chi connectivity index (χ1n) is 9.64. The highest BCUT2D eigenvalue weighted by atomic mass is 16.1. The summed E-state index contributed by atoms with van der Waals surface area (Å²) < 4.78 is 3.85. The zero-order valence-corrected chi connectivity index (χ0v) is 15.9. The smallest absolute Gasteiger partial charge is 0.231 e. The van der Waals surface area contributed by atoms with E-state index in [-0.39, 0.29) is 5.91 Å². The number of aryl methyl sites for hydroxylation is 2. The van der Waals surface area contributed by atoms with Gasteiger partial charge in [-0.15, -0.1) is 0 Å². The topological polar surface area (TPSA) is 76.8 Å². The number of hydrogen-bond donors (Lipinski definition) is 2. The van der Waals surface area contributed by atoms with Crippen LogP contribution < -0.4 is 10.6 Å². The molecule has 0 spiro atoms. The minimum absolute atomic E-state index is 0.0682. The maximum atomic E-state index is 12.6. The molecule has 27 heavy (non-hydrogen) atoms. The molecule has 1 amide bonds. The third kappa shape index (κ3) is 3.60. The van der Waals surface area contributed by atoms with Crippen molar-refractivity contribution in [2.24, 2.45) is 7.05 Å². The average molecular weight is 366 g/mol. The maximum Gasteiger partial charge on any atom is 0.231 e. The molecule has 0 radical (unpaired) electrons. The number of hydrogen-bond acceptors (Lipinski definition) is 4. The molecule has 2 aromatic heterocycles. The van der Waals surface area contributed by atoms with Crippen LogP contribution in [-0.2, 0) is 24.8 Å². The second-order valence-corrected chi connectivity index (χ2v) is 7.12. The van der Waals surface area contributed by atoms with Gasteiger partial charge in [0, 0.05) is 36.6 Å². The van der Waals surface area contributed by atoms with E-state index in [0.29, 0.717) is 18.3 Å². The number of nitrogens with zero attached hydrogens (tertiary/aromatic N) is 4. The van der Waals surface area contributed by atoms with E-state index in [1.807, 2.05) is 19.2 Å². The Labute approximate surface area is 158 Å². The number of rotatable bonds is 5. The van der Waals surface area contributed by atoms with Crippen LogP contribution in [0.3, 0.4) is 0 Å². The Kier molecular flexibility index (Phi) is 4.94. The fourth-order valence-corrected chi connectivity index (χ4v) is 3.83. The first-order chi connectivity index (χ1) is 13.2. The van der Waals surface area contributed by atoms with Gasteiger partial charge in [0.15, 0.2) is 5.82 Å². The maximum absolute atomic E-state index is 12.6. The van der Waals surface area contributed by atoms with E-state index in [0.717, 1.165) is 54.8 Å². The molecule has 3 heterocycles. The third-order valence-corrected chi connectivity index (χ3v) is 5.30. The van der Waals surface area contributed by atoms with Gasteiger partial charge in [-0.25, -0.2) is 4.68 Å². The molecular formula is C20H26N6O. The highest BCUT2D eigenvalue weighted by Gasteiger charge is 2.21. The first-order valence-corrected chi connectivity index (χ1v) is 9.64. The Morgan fingerprint density at radius 2 is 2.07 bits per heavy atom. The predicted molar refractivity (Wildman–Crippen MR) is 106 cm³/mol. The summed E-state index contributed by atoms with van der Waals surface area (Å²) in [6, 6.07) is 8.20. The van der Waals surface area contributed by atoms with Gasteiger partial charge in [0.1, 0.15) is 0 Å². The molecule has 3 aromatic rings. The van der Waals surface area contributed by atoms with E-state index in [4.69, 9.17) is 0 Å². The number of anilines is 1. The lowest BCUT2D eigenvalue weighted by Gasteiger charge is -2.19. The number of carbonyl (C=O) groups is 1. The highest BCUT2D eigenvalue weighted by Crippen LogP contribution is 2.24. The van der Waals surface area contributed by atoms with Crippen molar-refractivity contribution in [1.82, 2.24) is 24.6 Å². The zero-order valence-electron chi connectivity index (χ0n) is 15.9. The molecule has 1 aromatic carbocycles. The largest absolute Gasteiger partial charge is 0.347 e. The molecule has 1 fully saturated rings. The molecule has 7 heteroatoms. The van der Waals surface area contributed by atoms with Gasteiger partial charge in [-0.3, -0.25) is 10.1 Å². The highest BCUT2D eigenvalue weighted by molar-refractivity contribution is 5.95. The molecule has 7 nitrogen and oxygen atoms in total. The first kappa shape index (κ1) is 17.7. The minimum atomic E-state index is -0.0682. The fourth-order valence-electron chi connectivity index (χ4n) is 3.83. The van der Waals surface area contributed by atoms with Crippen molar-refractivity contribution in [1.29, 1.82) is 0 Å². The number of carbonyl (C=O) groups excluding carboxylic acids is 1. The van der Waals surface area contributed by atoms with E-state index >= 15 is 0 Å². The van der Waals surface area contributed by atoms with Crippen molar-refractivity contribution in [3.05, 3.63) is 41.9 Å². The van der Waals surface area contributed by atoms with E-state index in [2.05, 4.69) is 50.5 Å². The van der Waals surface area contributed by atoms with Crippen molar-refractivity contribution in [3.8, 4) is 0 Å². The van der Waals surface area contributed by atoms with Gasteiger partial charge in [-0.05, 0) is 44.5 Å². The number of fused-ring (bicyclic) bond motifs is 1. The van der Waals surface area contributed by atoms with Crippen molar-refractivity contribution < 1.29 is 4.79 Å². The third-order valence-electron chi connectivity index (χ3n) is 5.30. The zero-order chi connectivity index (χ0) is 18.8. The normalized spacial score (nSPS) is 15.3. The Morgan fingerprint density at radius 1 is 1.30 bits per heavy atom. The van der Waals surface area contributed by atoms with Crippen LogP contribution in [0.25, 0.3) is 10.9 Å². The molecule has 142 valence electrons. The summed E-state index contributed by atoms with van der Waals surface area (Å²) in [6.45, 7) is 4.97. The predicted octanol–water partition coefficient (Wildman–Crippen LogP) is 2.44. The summed E-state index contributed by atoms with van der Waals surface area (Å²) in [4.78, 5) is 17.2. The summed E-state index contributed by atoms with van der Waals surface area (Å²) >= 11 is 0. The number of piperidine rings is 1. The molecule has 1 aliphatic rings. The van der Waals surface area contributed by atoms with Crippen LogP contribution in [0.15, 0.2) is 30.5 Å². The minimum Gasteiger partial charge on any atom is -0.347 e. The monoisotopic (exact) mass is 366 g/mol. The second-order valence-electron chi connectivity index (χ2n) is 7.12. The number of amides is 1. The van der Waals surface area contributed by atoms with E-state index in [9.17, 15) is 4.79 Å². The lowest BCUT2D eigenvalue weighted by molar-refractivity contribution is -0.115. The van der Waals surface area contributed by atoms with Gasteiger partial charge < -0.3 is 9.88 Å². The van der Waals surface area contributed by atoms with Crippen LogP contribution in [-0.4, -0.2) is 38.3 Å². The van der Waals surface area contributed by atoms with E-state index in [1.165, 1.54) is 0 Å². The van der Waals surface area contributed by atoms with Gasteiger partial charge in [-0.1, -0.05) is 18.2 Å². The number of nitrogens with one attached hydrogen (secondary N) is 2. The lowest BCUT2D eigenvalue weighted by atomic mass is 9.98. The Bertz CT molecular complexity index is 951. The van der Waals surface area contributed by atoms with Crippen LogP contribution in [0.2, 0.25) is 0 Å². The number of benzene rings is 1. The molecular weight excluding hydrogens is 340 g/mol. The van der Waals surface area contributed by atoms with Gasteiger partial charge in [0.25, 0.3) is 0 Å². The van der Waals surface area contributed by atoms with Gasteiger partial charge in [-0.2, -0.15) is 10.1 Å². The summed E-state index contributed by atoms with van der Waals surface area (Å²) in [6.07, 6.45) is 4.46. The molecule has 0 bridgehead atoms. The van der Waals surface area contributed by atoms with Crippen molar-refractivity contribution >= 4 is 22.8 Å². The Hall–Kier alpha value is -2.67. The van der Waals surface area contributed by atoms with Crippen LogP contribution in [0, 0.1) is 0 Å². The molecule has 1 saturated heterocycles. The SMILES string of the molecule is CCn1cc(CC(=O)Nc2nc(C3CCNCC3)nn2C)c2ccccc21. The Morgan fingerprint density at radius 3 is 2.85 bits per heavy atom. The summed E-state index contributed by atoms with van der Waals surface area (Å²) in [7, 11) is 1.83. The lowest BCUT2D eigenvalue weighted by Crippen LogP contribution is -2.27. The fraction of sp³-hybridized carbons (Fsp3) is 0.450. The molecule has 1 aliphatic heterocycles. The van der Waals surface area contributed by atoms with Crippen LogP contribution in [0.1, 0.15) is 37.1 Å². The standard InChI is InChI=1S/C20H26N6O/c1-3-26-13-15(16-6-4-5-7-17(16)26)12-18(27)22-20-23-19(24-25(20)2)14-8-10-21-11-9-14/h4-7,13-14,21H,3,8-12H2,1-2H3,(H,22,23,24,27). The van der Waals surface area contributed by atoms with Crippen molar-refractivity contribution in [2.75, 3.05) is 18.4 Å². The number of aromatic nitrogens is 4. The van der Waals surface area contributed by atoms with E-state index < -0.39 is 0 Å². The van der Waals surface area contributed by atoms with Crippen LogP contribution in [0.4, 0.5) is 5.95 Å². The van der Waals surface area contributed by atoms with Gasteiger partial charge in [0.2, 0.25) is 11.9 Å². The quantitative estimate of drug-likeness (QED) is 0.727. The van der Waals surface area contributed by atoms with Gasteiger partial charge in [0.05, 0.1) is 6.42 Å². The Balaban J connectivity index is 1.49. The molecule has 0 unspecified atom stereocenters. The summed E-state index contributed by atoms with van der Waals surface area (Å²) in [5.41, 5.74) is 2.19. The van der Waals surface area contributed by atoms with Crippen LogP contribution >= 0.6 is 0 Å². The van der Waals surface area contributed by atoms with Gasteiger partial charge >= 0.3 is 0 Å². The molecule has 2 N–H and O–H groups in total. The van der Waals surface area contributed by atoms with E-state index in [1.54, 1.807) is 4.68 Å². The summed E-state index contributed by atoms with van der Waals surface area (Å²) in [5.74, 6) is 1.65.